The fourth-order valence-corrected chi connectivity index (χ4v) is 3.21. The van der Waals surface area contributed by atoms with Crippen LogP contribution in [0.4, 0.5) is 5.82 Å². The zero-order valence-corrected chi connectivity index (χ0v) is 14.5. The third-order valence-corrected chi connectivity index (χ3v) is 4.46. The summed E-state index contributed by atoms with van der Waals surface area (Å²) in [5.74, 6) is 0.355. The van der Waals surface area contributed by atoms with Gasteiger partial charge >= 0.3 is 0 Å². The Morgan fingerprint density at radius 2 is 1.96 bits per heavy atom. The fourth-order valence-electron chi connectivity index (χ4n) is 2.29. The Morgan fingerprint density at radius 3 is 2.62 bits per heavy atom. The monoisotopic (exact) mass is 342 g/mol. The van der Waals surface area contributed by atoms with Crippen molar-refractivity contribution in [1.29, 1.82) is 0 Å². The number of thioether (sulfide) groups is 1. The largest absolute Gasteiger partial charge is 0.383 e. The second kappa shape index (κ2) is 6.48. The van der Waals surface area contributed by atoms with Crippen molar-refractivity contribution in [3.05, 3.63) is 36.5 Å². The van der Waals surface area contributed by atoms with E-state index in [-0.39, 0.29) is 11.2 Å². The van der Waals surface area contributed by atoms with Gasteiger partial charge in [-0.3, -0.25) is 4.79 Å². The Kier molecular flexibility index (Phi) is 4.39. The molecule has 7 nitrogen and oxygen atoms in total. The maximum Gasteiger partial charge on any atom is 0.235 e. The number of anilines is 1. The van der Waals surface area contributed by atoms with Crippen LogP contribution in [0.5, 0.6) is 0 Å². The van der Waals surface area contributed by atoms with Crippen LogP contribution in [0.3, 0.4) is 0 Å². The Balaban J connectivity index is 2.01. The molecular weight excluding hydrogens is 324 g/mol. The summed E-state index contributed by atoms with van der Waals surface area (Å²) in [6, 6.07) is 9.68. The molecule has 2 heterocycles. The van der Waals surface area contributed by atoms with Gasteiger partial charge in [0.05, 0.1) is 22.5 Å². The van der Waals surface area contributed by atoms with Gasteiger partial charge in [0, 0.05) is 14.1 Å². The van der Waals surface area contributed by atoms with E-state index in [4.69, 9.17) is 5.73 Å². The molecule has 1 unspecified atom stereocenters. The standard InChI is InChI=1S/C16H18N6OS/c1-10(15(23)21(2)3)24-16-19-13(17)12-9-18-22(14(12)20-16)11-7-5-4-6-8-11/h4-10H,1-3H3,(H2,17,19,20). The molecule has 0 fully saturated rings. The highest BCUT2D eigenvalue weighted by Crippen LogP contribution is 2.26. The lowest BCUT2D eigenvalue weighted by atomic mass is 10.3. The van der Waals surface area contributed by atoms with Gasteiger partial charge in [-0.1, -0.05) is 30.0 Å². The number of carbonyl (C=O) groups is 1. The first-order valence-corrected chi connectivity index (χ1v) is 8.30. The molecule has 0 radical (unpaired) electrons. The molecule has 0 aliphatic carbocycles. The fraction of sp³-hybridized carbons (Fsp3) is 0.250. The van der Waals surface area contributed by atoms with Crippen molar-refractivity contribution < 1.29 is 4.79 Å². The lowest BCUT2D eigenvalue weighted by Crippen LogP contribution is -2.29. The van der Waals surface area contributed by atoms with Crippen molar-refractivity contribution in [2.75, 3.05) is 19.8 Å². The van der Waals surface area contributed by atoms with Crippen LogP contribution in [0.2, 0.25) is 0 Å². The van der Waals surface area contributed by atoms with Gasteiger partial charge in [0.2, 0.25) is 5.91 Å². The number of aromatic nitrogens is 4. The van der Waals surface area contributed by atoms with Crippen LogP contribution in [-0.4, -0.2) is 49.9 Å². The average Bonchev–Trinajstić information content (AvgIpc) is 2.99. The molecular formula is C16H18N6OS. The second-order valence-corrected chi connectivity index (χ2v) is 6.82. The third kappa shape index (κ3) is 3.05. The number of carbonyl (C=O) groups excluding carboxylic acids is 1. The van der Waals surface area contributed by atoms with E-state index < -0.39 is 0 Å². The van der Waals surface area contributed by atoms with E-state index in [0.29, 0.717) is 22.0 Å². The van der Waals surface area contributed by atoms with Gasteiger partial charge in [0.15, 0.2) is 10.8 Å². The number of nitrogens with zero attached hydrogens (tertiary/aromatic N) is 5. The first kappa shape index (κ1) is 16.3. The minimum atomic E-state index is -0.301. The van der Waals surface area contributed by atoms with Crippen LogP contribution in [0.25, 0.3) is 16.7 Å². The average molecular weight is 342 g/mol. The summed E-state index contributed by atoms with van der Waals surface area (Å²) in [5, 5.41) is 5.21. The van der Waals surface area contributed by atoms with Crippen molar-refractivity contribution in [3.63, 3.8) is 0 Å². The molecule has 3 rings (SSSR count). The number of hydrogen-bond donors (Lipinski definition) is 1. The van der Waals surface area contributed by atoms with Crippen LogP contribution in [0, 0.1) is 0 Å². The predicted octanol–water partition coefficient (Wildman–Crippen LogP) is 1.97. The number of hydrogen-bond acceptors (Lipinski definition) is 6. The maximum atomic E-state index is 12.0. The molecule has 0 aliphatic heterocycles. The summed E-state index contributed by atoms with van der Waals surface area (Å²) in [4.78, 5) is 22.4. The molecule has 24 heavy (non-hydrogen) atoms. The highest BCUT2D eigenvalue weighted by atomic mass is 32.2. The number of amides is 1. The number of nitrogen functional groups attached to an aromatic ring is 1. The van der Waals surface area contributed by atoms with E-state index in [2.05, 4.69) is 15.1 Å². The van der Waals surface area contributed by atoms with E-state index in [1.54, 1.807) is 29.9 Å². The summed E-state index contributed by atoms with van der Waals surface area (Å²) in [7, 11) is 3.45. The van der Waals surface area contributed by atoms with Crippen LogP contribution in [0.15, 0.2) is 41.7 Å². The molecule has 0 bridgehead atoms. The zero-order valence-electron chi connectivity index (χ0n) is 13.7. The molecule has 0 saturated heterocycles. The van der Waals surface area contributed by atoms with Crippen LogP contribution in [0.1, 0.15) is 6.92 Å². The van der Waals surface area contributed by atoms with Crippen molar-refractivity contribution in [1.82, 2.24) is 24.6 Å². The quantitative estimate of drug-likeness (QED) is 0.576. The number of para-hydroxylation sites is 1. The van der Waals surface area contributed by atoms with E-state index in [1.165, 1.54) is 11.8 Å². The van der Waals surface area contributed by atoms with Crippen molar-refractivity contribution in [2.45, 2.75) is 17.3 Å². The molecule has 1 amide bonds. The van der Waals surface area contributed by atoms with E-state index in [9.17, 15) is 4.79 Å². The molecule has 0 aliphatic rings. The summed E-state index contributed by atoms with van der Waals surface area (Å²) < 4.78 is 1.72. The lowest BCUT2D eigenvalue weighted by Gasteiger charge is -2.15. The van der Waals surface area contributed by atoms with Crippen molar-refractivity contribution in [3.8, 4) is 5.69 Å². The Hall–Kier alpha value is -2.61. The van der Waals surface area contributed by atoms with Gasteiger partial charge in [-0.2, -0.15) is 5.10 Å². The summed E-state index contributed by atoms with van der Waals surface area (Å²) in [5.41, 5.74) is 7.56. The van der Waals surface area contributed by atoms with Gasteiger partial charge in [0.1, 0.15) is 5.82 Å². The molecule has 124 valence electrons. The molecule has 2 N–H and O–H groups in total. The van der Waals surface area contributed by atoms with Gasteiger partial charge in [-0.15, -0.1) is 0 Å². The molecule has 0 saturated carbocycles. The minimum Gasteiger partial charge on any atom is -0.383 e. The number of fused-ring (bicyclic) bond motifs is 1. The topological polar surface area (TPSA) is 89.9 Å². The van der Waals surface area contributed by atoms with E-state index >= 15 is 0 Å². The lowest BCUT2D eigenvalue weighted by molar-refractivity contribution is -0.127. The number of nitrogens with two attached hydrogens (primary N) is 1. The summed E-state index contributed by atoms with van der Waals surface area (Å²) in [6.45, 7) is 1.82. The van der Waals surface area contributed by atoms with E-state index in [1.807, 2.05) is 37.3 Å². The van der Waals surface area contributed by atoms with Gasteiger partial charge in [-0.05, 0) is 19.1 Å². The van der Waals surface area contributed by atoms with Gasteiger partial charge in [-0.25, -0.2) is 14.6 Å². The van der Waals surface area contributed by atoms with Gasteiger partial charge < -0.3 is 10.6 Å². The van der Waals surface area contributed by atoms with Crippen molar-refractivity contribution >= 4 is 34.5 Å². The van der Waals surface area contributed by atoms with Crippen LogP contribution < -0.4 is 5.73 Å². The predicted molar refractivity (Wildman–Crippen MR) is 95.1 cm³/mol. The van der Waals surface area contributed by atoms with Crippen LogP contribution in [-0.2, 0) is 4.79 Å². The van der Waals surface area contributed by atoms with Gasteiger partial charge in [0.25, 0.3) is 0 Å². The number of benzene rings is 1. The third-order valence-electron chi connectivity index (χ3n) is 3.51. The molecule has 1 atom stereocenters. The Morgan fingerprint density at radius 1 is 1.25 bits per heavy atom. The zero-order chi connectivity index (χ0) is 17.3. The highest BCUT2D eigenvalue weighted by molar-refractivity contribution is 8.00. The molecule has 8 heteroatoms. The second-order valence-electron chi connectivity index (χ2n) is 5.51. The molecule has 0 spiro atoms. The Labute approximate surface area is 143 Å². The molecule has 1 aromatic carbocycles. The highest BCUT2D eigenvalue weighted by Gasteiger charge is 2.19. The minimum absolute atomic E-state index is 0.00108. The maximum absolute atomic E-state index is 12.0. The summed E-state index contributed by atoms with van der Waals surface area (Å²) in [6.07, 6.45) is 1.65. The van der Waals surface area contributed by atoms with Crippen molar-refractivity contribution in [2.24, 2.45) is 0 Å². The molecule has 3 aromatic rings. The SMILES string of the molecule is CC(Sc1nc(N)c2cnn(-c3ccccc3)c2n1)C(=O)N(C)C. The number of rotatable bonds is 4. The molecule has 2 aromatic heterocycles. The Bertz CT molecular complexity index is 877. The summed E-state index contributed by atoms with van der Waals surface area (Å²) >= 11 is 1.28. The smallest absolute Gasteiger partial charge is 0.235 e. The van der Waals surface area contributed by atoms with E-state index in [0.717, 1.165) is 5.69 Å². The normalized spacial score (nSPS) is 12.3. The first-order chi connectivity index (χ1) is 11.5. The first-order valence-electron chi connectivity index (χ1n) is 7.42. The van der Waals surface area contributed by atoms with Crippen LogP contribution >= 0.6 is 11.8 Å².